The van der Waals surface area contributed by atoms with Crippen molar-refractivity contribution < 1.29 is 4.79 Å². The Bertz CT molecular complexity index is 505. The number of benzene rings is 1. The second-order valence-electron chi connectivity index (χ2n) is 5.75. The van der Waals surface area contributed by atoms with Crippen molar-refractivity contribution in [2.24, 2.45) is 5.92 Å². The predicted molar refractivity (Wildman–Crippen MR) is 88.7 cm³/mol. The molecule has 1 aromatic rings. The van der Waals surface area contributed by atoms with E-state index in [2.05, 4.69) is 15.9 Å². The molecule has 0 radical (unpaired) electrons. The summed E-state index contributed by atoms with van der Waals surface area (Å²) in [5.41, 5.74) is 1.15. The van der Waals surface area contributed by atoms with E-state index in [-0.39, 0.29) is 5.92 Å². The standard InChI is InChI=1S/C16H21ClN2OS/c17-15-4-2-1-3-13(15)11-18-6-5-14(12-18)16(20)19-7-9-21-10-8-19/h1-4,14H,5-12H2. The summed E-state index contributed by atoms with van der Waals surface area (Å²) in [7, 11) is 0. The third kappa shape index (κ3) is 3.74. The molecule has 1 atom stereocenters. The summed E-state index contributed by atoms with van der Waals surface area (Å²) in [6, 6.07) is 7.97. The Kier molecular flexibility index (Phi) is 5.09. The molecule has 2 fully saturated rings. The van der Waals surface area contributed by atoms with Gasteiger partial charge in [-0.05, 0) is 24.6 Å². The zero-order valence-corrected chi connectivity index (χ0v) is 13.7. The van der Waals surface area contributed by atoms with Gasteiger partial charge in [0.15, 0.2) is 0 Å². The Morgan fingerprint density at radius 2 is 2.00 bits per heavy atom. The third-order valence-electron chi connectivity index (χ3n) is 4.30. The van der Waals surface area contributed by atoms with E-state index in [0.29, 0.717) is 5.91 Å². The minimum Gasteiger partial charge on any atom is -0.341 e. The highest BCUT2D eigenvalue weighted by atomic mass is 35.5. The molecule has 5 heteroatoms. The fourth-order valence-corrected chi connectivity index (χ4v) is 4.19. The molecule has 3 nitrogen and oxygen atoms in total. The zero-order chi connectivity index (χ0) is 14.7. The quantitative estimate of drug-likeness (QED) is 0.854. The van der Waals surface area contributed by atoms with E-state index in [9.17, 15) is 4.79 Å². The summed E-state index contributed by atoms with van der Waals surface area (Å²) in [6.07, 6.45) is 0.979. The Morgan fingerprint density at radius 3 is 2.76 bits per heavy atom. The van der Waals surface area contributed by atoms with Crippen LogP contribution in [-0.4, -0.2) is 53.4 Å². The van der Waals surface area contributed by atoms with Gasteiger partial charge in [-0.15, -0.1) is 0 Å². The van der Waals surface area contributed by atoms with Crippen molar-refractivity contribution >= 4 is 29.3 Å². The van der Waals surface area contributed by atoms with Crippen molar-refractivity contribution in [1.29, 1.82) is 0 Å². The van der Waals surface area contributed by atoms with Crippen LogP contribution in [0.1, 0.15) is 12.0 Å². The topological polar surface area (TPSA) is 23.6 Å². The summed E-state index contributed by atoms with van der Waals surface area (Å²) in [5.74, 6) is 2.70. The molecule has 0 aliphatic carbocycles. The summed E-state index contributed by atoms with van der Waals surface area (Å²) in [6.45, 7) is 4.55. The molecule has 1 aromatic carbocycles. The number of hydrogen-bond donors (Lipinski definition) is 0. The summed E-state index contributed by atoms with van der Waals surface area (Å²) in [4.78, 5) is 16.9. The average Bonchev–Trinajstić information content (AvgIpc) is 2.98. The van der Waals surface area contributed by atoms with Gasteiger partial charge in [0.1, 0.15) is 0 Å². The van der Waals surface area contributed by atoms with Crippen molar-refractivity contribution in [2.45, 2.75) is 13.0 Å². The van der Waals surface area contributed by atoms with E-state index in [0.717, 1.165) is 61.2 Å². The molecule has 2 saturated heterocycles. The van der Waals surface area contributed by atoms with Gasteiger partial charge in [0, 0.05) is 42.7 Å². The predicted octanol–water partition coefficient (Wildman–Crippen LogP) is 2.74. The lowest BCUT2D eigenvalue weighted by Gasteiger charge is -2.29. The summed E-state index contributed by atoms with van der Waals surface area (Å²) >= 11 is 8.16. The van der Waals surface area contributed by atoms with Crippen LogP contribution in [0.25, 0.3) is 0 Å². The number of halogens is 1. The Hall–Kier alpha value is -0.710. The molecule has 0 spiro atoms. The van der Waals surface area contributed by atoms with Gasteiger partial charge < -0.3 is 4.90 Å². The van der Waals surface area contributed by atoms with Crippen molar-refractivity contribution in [2.75, 3.05) is 37.7 Å². The Balaban J connectivity index is 1.55. The molecule has 0 bridgehead atoms. The van der Waals surface area contributed by atoms with Gasteiger partial charge in [0.05, 0.1) is 5.92 Å². The fourth-order valence-electron chi connectivity index (χ4n) is 3.09. The second kappa shape index (κ2) is 7.03. The van der Waals surface area contributed by atoms with E-state index in [4.69, 9.17) is 11.6 Å². The molecule has 3 rings (SSSR count). The third-order valence-corrected chi connectivity index (χ3v) is 5.61. The number of amides is 1. The zero-order valence-electron chi connectivity index (χ0n) is 12.1. The number of carbonyl (C=O) groups excluding carboxylic acids is 1. The van der Waals surface area contributed by atoms with Crippen LogP contribution < -0.4 is 0 Å². The minimum absolute atomic E-state index is 0.176. The van der Waals surface area contributed by atoms with Gasteiger partial charge in [-0.25, -0.2) is 0 Å². The van der Waals surface area contributed by atoms with Crippen molar-refractivity contribution in [3.8, 4) is 0 Å². The second-order valence-corrected chi connectivity index (χ2v) is 7.38. The molecule has 1 amide bonds. The maximum absolute atomic E-state index is 12.5. The van der Waals surface area contributed by atoms with Gasteiger partial charge in [-0.1, -0.05) is 29.8 Å². The van der Waals surface area contributed by atoms with Crippen molar-refractivity contribution in [1.82, 2.24) is 9.80 Å². The summed E-state index contributed by atoms with van der Waals surface area (Å²) < 4.78 is 0. The minimum atomic E-state index is 0.176. The summed E-state index contributed by atoms with van der Waals surface area (Å²) in [5, 5.41) is 0.820. The van der Waals surface area contributed by atoms with Crippen molar-refractivity contribution in [3.63, 3.8) is 0 Å². The van der Waals surface area contributed by atoms with Crippen molar-refractivity contribution in [3.05, 3.63) is 34.9 Å². The lowest BCUT2D eigenvalue weighted by molar-refractivity contribution is -0.134. The highest BCUT2D eigenvalue weighted by Gasteiger charge is 2.31. The van der Waals surface area contributed by atoms with Gasteiger partial charge in [0.2, 0.25) is 5.91 Å². The smallest absolute Gasteiger partial charge is 0.227 e. The molecule has 0 aromatic heterocycles. The molecule has 1 unspecified atom stereocenters. The molecule has 0 N–H and O–H groups in total. The largest absolute Gasteiger partial charge is 0.341 e. The van der Waals surface area contributed by atoms with Gasteiger partial charge in [-0.2, -0.15) is 11.8 Å². The Labute approximate surface area is 135 Å². The van der Waals surface area contributed by atoms with Crippen LogP contribution in [0.3, 0.4) is 0 Å². The first-order chi connectivity index (χ1) is 10.2. The first-order valence-electron chi connectivity index (χ1n) is 7.56. The van der Waals surface area contributed by atoms with Gasteiger partial charge in [-0.3, -0.25) is 9.69 Å². The maximum Gasteiger partial charge on any atom is 0.227 e. The number of rotatable bonds is 3. The van der Waals surface area contributed by atoms with Crippen LogP contribution in [0.5, 0.6) is 0 Å². The van der Waals surface area contributed by atoms with Crippen LogP contribution in [-0.2, 0) is 11.3 Å². The van der Waals surface area contributed by atoms with E-state index >= 15 is 0 Å². The number of hydrogen-bond acceptors (Lipinski definition) is 3. The van der Waals surface area contributed by atoms with Gasteiger partial charge in [0.25, 0.3) is 0 Å². The average molecular weight is 325 g/mol. The van der Waals surface area contributed by atoms with Crippen LogP contribution in [0, 0.1) is 5.92 Å². The SMILES string of the molecule is O=C(C1CCN(Cc2ccccc2Cl)C1)N1CCSCC1. The number of carbonyl (C=O) groups is 1. The molecular formula is C16H21ClN2OS. The molecular weight excluding hydrogens is 304 g/mol. The van der Waals surface area contributed by atoms with E-state index in [1.807, 2.05) is 30.0 Å². The number of nitrogens with zero attached hydrogens (tertiary/aromatic N) is 2. The fraction of sp³-hybridized carbons (Fsp3) is 0.562. The monoisotopic (exact) mass is 324 g/mol. The number of thioether (sulfide) groups is 1. The lowest BCUT2D eigenvalue weighted by atomic mass is 10.1. The van der Waals surface area contributed by atoms with E-state index in [1.165, 1.54) is 0 Å². The molecule has 114 valence electrons. The van der Waals surface area contributed by atoms with Crippen LogP contribution in [0.2, 0.25) is 5.02 Å². The molecule has 2 aliphatic rings. The Morgan fingerprint density at radius 1 is 1.24 bits per heavy atom. The van der Waals surface area contributed by atoms with Gasteiger partial charge >= 0.3 is 0 Å². The van der Waals surface area contributed by atoms with E-state index in [1.54, 1.807) is 0 Å². The van der Waals surface area contributed by atoms with Crippen LogP contribution >= 0.6 is 23.4 Å². The number of likely N-dealkylation sites (tertiary alicyclic amines) is 1. The molecule has 21 heavy (non-hydrogen) atoms. The highest BCUT2D eigenvalue weighted by molar-refractivity contribution is 7.99. The molecule has 2 aliphatic heterocycles. The first-order valence-corrected chi connectivity index (χ1v) is 9.09. The first kappa shape index (κ1) is 15.2. The lowest BCUT2D eigenvalue weighted by Crippen LogP contribution is -2.42. The molecule has 0 saturated carbocycles. The molecule has 2 heterocycles. The normalized spacial score (nSPS) is 23.5. The van der Waals surface area contributed by atoms with Crippen LogP contribution in [0.15, 0.2) is 24.3 Å². The van der Waals surface area contributed by atoms with E-state index < -0.39 is 0 Å². The van der Waals surface area contributed by atoms with Crippen LogP contribution in [0.4, 0.5) is 0 Å². The highest BCUT2D eigenvalue weighted by Crippen LogP contribution is 2.24. The maximum atomic E-state index is 12.5.